The summed E-state index contributed by atoms with van der Waals surface area (Å²) in [4.78, 5) is 152. The van der Waals surface area contributed by atoms with Crippen LogP contribution in [0.25, 0.3) is 0 Å². The van der Waals surface area contributed by atoms with Crippen molar-refractivity contribution in [3.63, 3.8) is 0 Å². The van der Waals surface area contributed by atoms with Gasteiger partial charge in [-0.25, -0.2) is 4.79 Å². The fourth-order valence-electron chi connectivity index (χ4n) is 10.1. The molecule has 2 aromatic rings. The Kier molecular flexibility index (Phi) is 30.3. The number of aliphatic hydroxyl groups excluding tert-OH is 1. The van der Waals surface area contributed by atoms with Gasteiger partial charge in [-0.1, -0.05) is 74.5 Å². The number of nitrogens with one attached hydrogen (secondary N) is 7. The van der Waals surface area contributed by atoms with Crippen molar-refractivity contribution in [2.75, 3.05) is 45.0 Å². The molecule has 0 aromatic heterocycles. The van der Waals surface area contributed by atoms with Crippen LogP contribution >= 0.6 is 12.6 Å². The van der Waals surface area contributed by atoms with Crippen LogP contribution in [0.3, 0.4) is 0 Å². The van der Waals surface area contributed by atoms with Crippen molar-refractivity contribution in [2.24, 2.45) is 61.0 Å². The molecule has 0 saturated carbocycles. The molecule has 0 aliphatic carbocycles. The molecule has 9 amide bonds. The lowest BCUT2D eigenvalue weighted by Crippen LogP contribution is -2.60. The number of amides is 9. The molecule has 2 aliphatic rings. The van der Waals surface area contributed by atoms with Crippen molar-refractivity contribution in [1.82, 2.24) is 47.0 Å². The normalized spacial score (nSPS) is 17.6. The molecule has 2 aliphatic heterocycles. The number of carboxylic acids is 1. The highest BCUT2D eigenvalue weighted by Gasteiger charge is 2.46. The lowest BCUT2D eigenvalue weighted by molar-refractivity contribution is -0.148. The van der Waals surface area contributed by atoms with Crippen molar-refractivity contribution >= 4 is 89.6 Å². The summed E-state index contributed by atoms with van der Waals surface area (Å²) in [6, 6.07) is 5.88. The molecule has 2 heterocycles. The van der Waals surface area contributed by atoms with Crippen LogP contribution in [0.4, 0.5) is 0 Å². The highest BCUT2D eigenvalue weighted by Crippen LogP contribution is 2.27. The number of likely N-dealkylation sites (tertiary alicyclic amines) is 2. The summed E-state index contributed by atoms with van der Waals surface area (Å²) in [5, 5.41) is 39.0. The number of hydrogen-bond acceptors (Lipinski definition) is 16. The third-order valence-corrected chi connectivity index (χ3v) is 14.9. The Balaban J connectivity index is 1.47. The van der Waals surface area contributed by atoms with E-state index in [0.717, 1.165) is 4.90 Å². The Labute approximate surface area is 522 Å². The number of aliphatic imine (C=N–C) groups is 3. The summed E-state index contributed by atoms with van der Waals surface area (Å²) in [5.41, 5.74) is 39.9. The van der Waals surface area contributed by atoms with Gasteiger partial charge in [0.1, 0.15) is 48.3 Å². The summed E-state index contributed by atoms with van der Waals surface area (Å²) in [7, 11) is 0. The van der Waals surface area contributed by atoms with Crippen LogP contribution < -0.4 is 77.4 Å². The molecule has 0 bridgehead atoms. The summed E-state index contributed by atoms with van der Waals surface area (Å²) in [6.45, 7) is 3.20. The molecule has 31 nitrogen and oxygen atoms in total. The molecule has 0 unspecified atom stereocenters. The second kappa shape index (κ2) is 37.2. The number of aliphatic carboxylic acids is 1. The third-order valence-electron chi connectivity index (χ3n) is 14.5. The minimum absolute atomic E-state index is 0.0274. The first kappa shape index (κ1) is 72.7. The van der Waals surface area contributed by atoms with Gasteiger partial charge in [0, 0.05) is 57.7 Å². The summed E-state index contributed by atoms with van der Waals surface area (Å²) in [5.74, 6) is -9.09. The van der Waals surface area contributed by atoms with Crippen molar-refractivity contribution in [3.05, 3.63) is 71.8 Å². The van der Waals surface area contributed by atoms with Gasteiger partial charge in [0.25, 0.3) is 0 Å². The predicted molar refractivity (Wildman–Crippen MR) is 334 cm³/mol. The predicted octanol–water partition coefficient (Wildman–Crippen LogP) is -5.00. The van der Waals surface area contributed by atoms with Gasteiger partial charge in [0.05, 0.1) is 18.7 Å². The fraction of sp³-hybridized carbons (Fsp3) is 0.561. The first-order valence-corrected chi connectivity index (χ1v) is 30.1. The van der Waals surface area contributed by atoms with Gasteiger partial charge in [0.15, 0.2) is 17.9 Å². The monoisotopic (exact) mass is 1260 g/mol. The Morgan fingerprint density at radius 3 is 1.57 bits per heavy atom. The molecule has 23 N–H and O–H groups in total. The molecule has 4 rings (SSSR count). The maximum absolute atomic E-state index is 14.4. The van der Waals surface area contributed by atoms with E-state index in [1.54, 1.807) is 74.5 Å². The van der Waals surface area contributed by atoms with E-state index in [0.29, 0.717) is 24.0 Å². The molecule has 32 heteroatoms. The van der Waals surface area contributed by atoms with E-state index < -0.39 is 126 Å². The molecule has 10 atom stereocenters. The van der Waals surface area contributed by atoms with Crippen LogP contribution in [-0.4, -0.2) is 203 Å². The van der Waals surface area contributed by atoms with Gasteiger partial charge in [-0.15, -0.1) is 0 Å². The quantitative estimate of drug-likeness (QED) is 0.0131. The summed E-state index contributed by atoms with van der Waals surface area (Å²) in [6.07, 6.45) is 0.191. The number of rotatable bonds is 36. The van der Waals surface area contributed by atoms with E-state index in [-0.39, 0.29) is 126 Å². The van der Waals surface area contributed by atoms with Gasteiger partial charge in [0.2, 0.25) is 53.2 Å². The number of nitrogens with two attached hydrogens (primary N) is 7. The lowest BCUT2D eigenvalue weighted by atomic mass is 10.00. The molecule has 89 heavy (non-hydrogen) atoms. The Morgan fingerprint density at radius 1 is 0.596 bits per heavy atom. The number of β-amino-alcohol motifs (C(OH)–C–C–N with tert-alkyl or cyclic N) is 1. The Bertz CT molecular complexity index is 2800. The van der Waals surface area contributed by atoms with E-state index in [1.165, 1.54) is 4.90 Å². The van der Waals surface area contributed by atoms with Gasteiger partial charge in [-0.3, -0.25) is 58.1 Å². The highest BCUT2D eigenvalue weighted by atomic mass is 32.1. The standard InChI is InChI=1S/C57H89N19O12S/c1-32(2)25-39(47(80)71-38(54(87)88)19-11-23-67-57(63)64)72-49(82)41(27-34-15-7-4-8-16-34)73-50(83)42(31-89)74-48(81)40(26-33-13-5-3-6-14-33)69-45(78)29-68-51(84)44-28-35(77)30-76(44)53(86)43-20-12-24-75(43)52(85)37(18-10-22-66-56(61)62)70-46(79)36(58)17-9-21-65-55(59)60/h3-8,13-16,32,35-44,77,89H,9-12,17-31,58H2,1-2H3,(H,68,84)(H,69,78)(H,70,79)(H,71,80)(H,72,82)(H,73,83)(H,74,81)(H,87,88)(H4,59,60,65)(H4,61,62,66)(H4,63,64,67)/t35-,36-,37+,38+,39+,40+,41-,42+,43+,44+/m1/s1. The van der Waals surface area contributed by atoms with Crippen LogP contribution in [0.2, 0.25) is 0 Å². The van der Waals surface area contributed by atoms with Crippen LogP contribution in [0, 0.1) is 5.92 Å². The van der Waals surface area contributed by atoms with Gasteiger partial charge in [-0.05, 0) is 74.8 Å². The van der Waals surface area contributed by atoms with Gasteiger partial charge < -0.3 is 97.4 Å². The zero-order valence-corrected chi connectivity index (χ0v) is 51.2. The Morgan fingerprint density at radius 2 is 1.06 bits per heavy atom. The van der Waals surface area contributed by atoms with Crippen molar-refractivity contribution in [2.45, 2.75) is 151 Å². The lowest BCUT2D eigenvalue weighted by Gasteiger charge is -2.33. The minimum Gasteiger partial charge on any atom is -0.480 e. The van der Waals surface area contributed by atoms with E-state index >= 15 is 0 Å². The molecule has 490 valence electrons. The van der Waals surface area contributed by atoms with Crippen molar-refractivity contribution in [1.29, 1.82) is 0 Å². The number of thiol groups is 1. The zero-order chi connectivity index (χ0) is 65.7. The van der Waals surface area contributed by atoms with E-state index in [4.69, 9.17) is 40.1 Å². The smallest absolute Gasteiger partial charge is 0.326 e. The molecular weight excluding hydrogens is 1170 g/mol. The highest BCUT2D eigenvalue weighted by molar-refractivity contribution is 7.80. The molecule has 0 spiro atoms. The molecule has 0 radical (unpaired) electrons. The van der Waals surface area contributed by atoms with E-state index in [2.05, 4.69) is 64.8 Å². The largest absolute Gasteiger partial charge is 0.480 e. The maximum atomic E-state index is 14.4. The van der Waals surface area contributed by atoms with Crippen molar-refractivity contribution in [3.8, 4) is 0 Å². The van der Waals surface area contributed by atoms with E-state index in [9.17, 15) is 58.2 Å². The number of carbonyl (C=O) groups is 10. The van der Waals surface area contributed by atoms with Crippen LogP contribution in [0.1, 0.15) is 89.2 Å². The van der Waals surface area contributed by atoms with Crippen LogP contribution in [-0.2, 0) is 60.8 Å². The number of hydrogen-bond donors (Lipinski definition) is 17. The number of carboxylic acid groups (broad SMARTS) is 1. The number of benzene rings is 2. The summed E-state index contributed by atoms with van der Waals surface area (Å²) >= 11 is 4.35. The van der Waals surface area contributed by atoms with Gasteiger partial charge in [-0.2, -0.15) is 12.6 Å². The average molecular weight is 1260 g/mol. The molecule has 2 saturated heterocycles. The molecule has 2 fully saturated rings. The van der Waals surface area contributed by atoms with Crippen molar-refractivity contribution < 1.29 is 58.2 Å². The number of aliphatic hydroxyl groups is 1. The number of carbonyl (C=O) groups excluding carboxylic acids is 9. The molecule has 2 aromatic carbocycles. The summed E-state index contributed by atoms with van der Waals surface area (Å²) < 4.78 is 0. The van der Waals surface area contributed by atoms with Gasteiger partial charge >= 0.3 is 5.97 Å². The first-order chi connectivity index (χ1) is 42.3. The zero-order valence-electron chi connectivity index (χ0n) is 50.3. The third kappa shape index (κ3) is 25.1. The number of nitrogens with zero attached hydrogens (tertiary/aromatic N) is 5. The fourth-order valence-corrected chi connectivity index (χ4v) is 10.3. The molecular formula is C57H89N19O12S. The number of guanidine groups is 3. The maximum Gasteiger partial charge on any atom is 0.326 e. The van der Waals surface area contributed by atoms with Crippen LogP contribution in [0.15, 0.2) is 75.6 Å². The minimum atomic E-state index is -1.42. The first-order valence-electron chi connectivity index (χ1n) is 29.5. The van der Waals surface area contributed by atoms with E-state index in [1.807, 2.05) is 0 Å². The topological polar surface area (TPSA) is 521 Å². The Hall–Kier alpha value is -8.78. The average Bonchev–Trinajstić information content (AvgIpc) is 2.26. The van der Waals surface area contributed by atoms with Crippen LogP contribution in [0.5, 0.6) is 0 Å². The second-order valence-electron chi connectivity index (χ2n) is 22.2. The second-order valence-corrected chi connectivity index (χ2v) is 22.6. The SMILES string of the molecule is CC(C)C[C@H](NC(=O)[C@@H](Cc1ccccc1)NC(=O)[C@H](CS)NC(=O)[C@H](Cc1ccccc1)NC(=O)CNC(=O)[C@@H]1C[C@@H](O)CN1C(=O)[C@@H]1CCCN1C(=O)[C@H](CCCN=C(N)N)NC(=O)[C@H](N)CCCN=C(N)N)C(=O)N[C@@H](CCCN=C(N)N)C(=O)O.